The normalized spacial score (nSPS) is 17.2. The van der Waals surface area contributed by atoms with Crippen LogP contribution in [0.3, 0.4) is 0 Å². The van der Waals surface area contributed by atoms with Crippen LogP contribution >= 0.6 is 0 Å². The first kappa shape index (κ1) is 24.0. The summed E-state index contributed by atoms with van der Waals surface area (Å²) < 4.78 is 36.6. The van der Waals surface area contributed by atoms with Crippen molar-refractivity contribution in [2.24, 2.45) is 5.41 Å². The van der Waals surface area contributed by atoms with Crippen LogP contribution in [0.4, 0.5) is 14.6 Å². The number of aryl methyl sites for hydroxylation is 1. The molecule has 2 aromatic carbocycles. The Labute approximate surface area is 214 Å². The molecule has 37 heavy (non-hydrogen) atoms. The summed E-state index contributed by atoms with van der Waals surface area (Å²) in [5.74, 6) is 0.259. The zero-order chi connectivity index (χ0) is 25.9. The van der Waals surface area contributed by atoms with Gasteiger partial charge in [-0.15, -0.1) is 0 Å². The number of hydrogen-bond donors (Lipinski definition) is 1. The van der Waals surface area contributed by atoms with Gasteiger partial charge < -0.3 is 14.7 Å². The number of phenols is 1. The van der Waals surface area contributed by atoms with Gasteiger partial charge in [0.05, 0.1) is 18.6 Å². The van der Waals surface area contributed by atoms with Crippen LogP contribution in [0.15, 0.2) is 30.5 Å². The molecule has 2 aliphatic heterocycles. The minimum atomic E-state index is -0.595. The number of aromatic hydroxyl groups is 1. The zero-order valence-electron chi connectivity index (χ0n) is 21.3. The van der Waals surface area contributed by atoms with E-state index in [0.717, 1.165) is 39.1 Å². The van der Waals surface area contributed by atoms with E-state index in [1.807, 2.05) is 20.8 Å². The van der Waals surface area contributed by atoms with E-state index in [9.17, 15) is 9.50 Å². The third-order valence-electron chi connectivity index (χ3n) is 7.90. The molecule has 6 rings (SSSR count). The molecular weight excluding hydrogens is 474 g/mol. The van der Waals surface area contributed by atoms with Crippen molar-refractivity contribution in [2.45, 2.75) is 46.0 Å². The van der Waals surface area contributed by atoms with Crippen LogP contribution in [0, 0.1) is 17.0 Å². The summed E-state index contributed by atoms with van der Waals surface area (Å²) in [6, 6.07) is 5.99. The second kappa shape index (κ2) is 8.87. The fourth-order valence-corrected chi connectivity index (χ4v) is 5.65. The van der Waals surface area contributed by atoms with E-state index in [1.54, 1.807) is 18.3 Å². The van der Waals surface area contributed by atoms with Gasteiger partial charge in [0.15, 0.2) is 5.82 Å². The maximum absolute atomic E-state index is 16.4. The predicted molar refractivity (Wildman–Crippen MR) is 140 cm³/mol. The Bertz CT molecular complexity index is 1520. The number of halogens is 2. The van der Waals surface area contributed by atoms with Gasteiger partial charge in [-0.3, -0.25) is 4.98 Å². The SMILES string of the molecule is CCc1c(F)ccc2cc(O)cc(-c3ncc4c(N5CCC6(CC5)COC6)nc(C(C)C)nc4c3F)c12. The number of benzene rings is 2. The number of piperidine rings is 1. The van der Waals surface area contributed by atoms with E-state index >= 15 is 4.39 Å². The third kappa shape index (κ3) is 3.89. The molecule has 0 atom stereocenters. The minimum absolute atomic E-state index is 0.00211. The fraction of sp³-hybridized carbons (Fsp3) is 0.414. The Balaban J connectivity index is 1.54. The molecule has 2 saturated heterocycles. The van der Waals surface area contributed by atoms with Crippen LogP contribution in [0.2, 0.25) is 0 Å². The lowest BCUT2D eigenvalue weighted by Gasteiger charge is -2.47. The van der Waals surface area contributed by atoms with Gasteiger partial charge in [0, 0.05) is 36.2 Å². The Morgan fingerprint density at radius 3 is 2.51 bits per heavy atom. The van der Waals surface area contributed by atoms with Crippen LogP contribution in [0.5, 0.6) is 5.75 Å². The van der Waals surface area contributed by atoms with Crippen LogP contribution < -0.4 is 4.90 Å². The average molecular weight is 505 g/mol. The molecule has 2 aliphatic rings. The molecule has 0 amide bonds. The maximum atomic E-state index is 16.4. The van der Waals surface area contributed by atoms with Crippen LogP contribution in [-0.4, -0.2) is 46.4 Å². The number of rotatable bonds is 4. The molecule has 4 aromatic rings. The van der Waals surface area contributed by atoms with Gasteiger partial charge >= 0.3 is 0 Å². The second-order valence-electron chi connectivity index (χ2n) is 10.7. The summed E-state index contributed by atoms with van der Waals surface area (Å²) >= 11 is 0. The second-order valence-corrected chi connectivity index (χ2v) is 10.7. The van der Waals surface area contributed by atoms with E-state index in [4.69, 9.17) is 9.72 Å². The van der Waals surface area contributed by atoms with Crippen molar-refractivity contribution in [2.75, 3.05) is 31.2 Å². The van der Waals surface area contributed by atoms with E-state index < -0.39 is 5.82 Å². The predicted octanol–water partition coefficient (Wildman–Crippen LogP) is 6.13. The van der Waals surface area contributed by atoms with Gasteiger partial charge in [-0.1, -0.05) is 26.8 Å². The van der Waals surface area contributed by atoms with Gasteiger partial charge in [-0.2, -0.15) is 0 Å². The number of pyridine rings is 1. The Morgan fingerprint density at radius 1 is 1.11 bits per heavy atom. The van der Waals surface area contributed by atoms with Crippen LogP contribution in [-0.2, 0) is 11.2 Å². The molecule has 0 radical (unpaired) electrons. The van der Waals surface area contributed by atoms with Gasteiger partial charge in [0.1, 0.15) is 34.4 Å². The quantitative estimate of drug-likeness (QED) is 0.360. The highest BCUT2D eigenvalue weighted by Crippen LogP contribution is 2.42. The lowest BCUT2D eigenvalue weighted by Crippen LogP contribution is -2.51. The van der Waals surface area contributed by atoms with Crippen molar-refractivity contribution in [1.82, 2.24) is 15.0 Å². The van der Waals surface area contributed by atoms with E-state index in [-0.39, 0.29) is 34.1 Å². The first-order valence-electron chi connectivity index (χ1n) is 12.9. The highest BCUT2D eigenvalue weighted by molar-refractivity contribution is 6.01. The topological polar surface area (TPSA) is 71.4 Å². The fourth-order valence-electron chi connectivity index (χ4n) is 5.65. The smallest absolute Gasteiger partial charge is 0.175 e. The molecule has 6 nitrogen and oxygen atoms in total. The van der Waals surface area contributed by atoms with Gasteiger partial charge in [-0.05, 0) is 53.8 Å². The number of aromatic nitrogens is 3. The lowest BCUT2D eigenvalue weighted by molar-refractivity contribution is -0.124. The molecule has 8 heteroatoms. The van der Waals surface area contributed by atoms with Crippen LogP contribution in [0.1, 0.15) is 50.9 Å². The monoisotopic (exact) mass is 504 g/mol. The molecule has 0 aliphatic carbocycles. The zero-order valence-corrected chi connectivity index (χ0v) is 21.3. The molecule has 4 heterocycles. The van der Waals surface area contributed by atoms with E-state index in [2.05, 4.69) is 14.9 Å². The Hall–Kier alpha value is -3.39. The minimum Gasteiger partial charge on any atom is -0.508 e. The van der Waals surface area contributed by atoms with Crippen molar-refractivity contribution in [3.63, 3.8) is 0 Å². The Morgan fingerprint density at radius 2 is 1.86 bits per heavy atom. The first-order valence-corrected chi connectivity index (χ1v) is 12.9. The van der Waals surface area contributed by atoms with Gasteiger partial charge in [0.2, 0.25) is 0 Å². The molecule has 0 unspecified atom stereocenters. The van der Waals surface area contributed by atoms with Crippen molar-refractivity contribution < 1.29 is 18.6 Å². The molecule has 1 spiro atoms. The van der Waals surface area contributed by atoms with Gasteiger partial charge in [-0.25, -0.2) is 18.7 Å². The molecular formula is C29H30F2N4O2. The molecule has 192 valence electrons. The van der Waals surface area contributed by atoms with Crippen molar-refractivity contribution in [3.05, 3.63) is 53.5 Å². The molecule has 1 N–H and O–H groups in total. The summed E-state index contributed by atoms with van der Waals surface area (Å²) in [7, 11) is 0. The molecule has 2 fully saturated rings. The number of nitrogens with zero attached hydrogens (tertiary/aromatic N) is 4. The highest BCUT2D eigenvalue weighted by atomic mass is 19.1. The number of ether oxygens (including phenoxy) is 1. The molecule has 2 aromatic heterocycles. The first-order chi connectivity index (χ1) is 17.8. The summed E-state index contributed by atoms with van der Waals surface area (Å²) in [6.07, 6.45) is 4.04. The summed E-state index contributed by atoms with van der Waals surface area (Å²) in [4.78, 5) is 16.2. The largest absolute Gasteiger partial charge is 0.508 e. The Kier molecular flexibility index (Phi) is 5.75. The standard InChI is InChI=1S/C29H30F2N4O2/c1-4-19-22(30)6-5-17-11-18(36)12-20(23(17)19)25-24(31)26-21(13-32-25)28(34-27(33-26)16(2)3)35-9-7-29(8-10-35)14-37-15-29/h5-6,11-13,16,36H,4,7-10,14-15H2,1-3H3. The maximum Gasteiger partial charge on any atom is 0.175 e. The van der Waals surface area contributed by atoms with E-state index in [1.165, 1.54) is 12.1 Å². The average Bonchev–Trinajstić information content (AvgIpc) is 2.87. The number of anilines is 1. The number of fused-ring (bicyclic) bond motifs is 2. The van der Waals surface area contributed by atoms with Crippen molar-refractivity contribution >= 4 is 27.5 Å². The van der Waals surface area contributed by atoms with Crippen LogP contribution in [0.25, 0.3) is 32.9 Å². The lowest BCUT2D eigenvalue weighted by atomic mass is 9.77. The summed E-state index contributed by atoms with van der Waals surface area (Å²) in [5, 5.41) is 12.2. The molecule has 0 saturated carbocycles. The third-order valence-corrected chi connectivity index (χ3v) is 7.90. The summed E-state index contributed by atoms with van der Waals surface area (Å²) in [5.41, 5.74) is 1.30. The number of phenolic OH excluding ortho intramolecular Hbond substituents is 1. The highest BCUT2D eigenvalue weighted by Gasteiger charge is 2.41. The van der Waals surface area contributed by atoms with Crippen molar-refractivity contribution in [1.29, 1.82) is 0 Å². The number of hydrogen-bond acceptors (Lipinski definition) is 6. The van der Waals surface area contributed by atoms with Crippen molar-refractivity contribution in [3.8, 4) is 17.0 Å². The summed E-state index contributed by atoms with van der Waals surface area (Å²) in [6.45, 7) is 9.06. The van der Waals surface area contributed by atoms with E-state index in [0.29, 0.717) is 45.3 Å². The van der Waals surface area contributed by atoms with Gasteiger partial charge in [0.25, 0.3) is 0 Å². The molecule has 0 bridgehead atoms.